The Bertz CT molecular complexity index is 501. The summed E-state index contributed by atoms with van der Waals surface area (Å²) in [6, 6.07) is 0. The average Bonchev–Trinajstić information content (AvgIpc) is 2.81. The van der Waals surface area contributed by atoms with Gasteiger partial charge in [0.2, 0.25) is 5.91 Å². The Morgan fingerprint density at radius 2 is 2.10 bits per heavy atom. The summed E-state index contributed by atoms with van der Waals surface area (Å²) in [5, 5.41) is 15.3. The number of nitrogens with zero attached hydrogens (tertiary/aromatic N) is 4. The lowest BCUT2D eigenvalue weighted by Crippen LogP contribution is -2.41. The number of hydrogen-bond acceptors (Lipinski definition) is 4. The van der Waals surface area contributed by atoms with Crippen LogP contribution in [0.4, 0.5) is 13.2 Å². The fraction of sp³-hybridized carbons (Fsp3) is 0.636. The number of carbonyl (C=O) groups is 2. The van der Waals surface area contributed by atoms with Gasteiger partial charge in [-0.1, -0.05) is 18.6 Å². The van der Waals surface area contributed by atoms with Crippen LogP contribution in [0.3, 0.4) is 0 Å². The zero-order valence-corrected chi connectivity index (χ0v) is 11.3. The molecule has 0 spiro atoms. The molecule has 0 radical (unpaired) electrons. The van der Waals surface area contributed by atoms with E-state index in [1.165, 1.54) is 0 Å². The van der Waals surface area contributed by atoms with Crippen LogP contribution in [0, 0.1) is 0 Å². The Balaban J connectivity index is 2.72. The van der Waals surface area contributed by atoms with E-state index in [9.17, 15) is 22.8 Å². The molecular weight excluding hydrogens is 293 g/mol. The molecule has 10 heteroatoms. The summed E-state index contributed by atoms with van der Waals surface area (Å²) < 4.78 is 38.2. The highest BCUT2D eigenvalue weighted by molar-refractivity contribution is 5.84. The first-order valence-corrected chi connectivity index (χ1v) is 6.21. The number of amides is 1. The molecule has 1 aromatic rings. The zero-order valence-electron chi connectivity index (χ0n) is 11.3. The Hall–Kier alpha value is -2.13. The molecule has 1 N–H and O–H groups in total. The van der Waals surface area contributed by atoms with Gasteiger partial charge in [0, 0.05) is 6.54 Å². The summed E-state index contributed by atoms with van der Waals surface area (Å²) in [4.78, 5) is 23.2. The van der Waals surface area contributed by atoms with Crippen LogP contribution in [0.2, 0.25) is 0 Å². The molecule has 1 heterocycles. The topological polar surface area (TPSA) is 88.3 Å². The molecule has 0 aliphatic rings. The summed E-state index contributed by atoms with van der Waals surface area (Å²) in [6.07, 6.45) is -2.41. The third-order valence-electron chi connectivity index (χ3n) is 2.56. The summed E-state index contributed by atoms with van der Waals surface area (Å²) in [5.41, 5.74) is -0.376. The molecular formula is C11H15F3N4O3. The van der Waals surface area contributed by atoms with E-state index in [2.05, 4.69) is 10.3 Å². The van der Waals surface area contributed by atoms with Gasteiger partial charge in [-0.3, -0.25) is 4.79 Å². The number of carbonyl (C=O) groups excluding carboxylic acids is 1. The molecule has 0 aliphatic heterocycles. The highest BCUT2D eigenvalue weighted by atomic mass is 19.4. The van der Waals surface area contributed by atoms with Crippen molar-refractivity contribution in [3.8, 4) is 0 Å². The minimum absolute atomic E-state index is 0.0185. The second-order valence-electron chi connectivity index (χ2n) is 4.39. The molecule has 0 saturated carbocycles. The second-order valence-corrected chi connectivity index (χ2v) is 4.39. The second kappa shape index (κ2) is 7.04. The van der Waals surface area contributed by atoms with Gasteiger partial charge >= 0.3 is 12.1 Å². The molecule has 21 heavy (non-hydrogen) atoms. The lowest BCUT2D eigenvalue weighted by Gasteiger charge is -2.23. The van der Waals surface area contributed by atoms with Gasteiger partial charge in [0.1, 0.15) is 13.1 Å². The van der Waals surface area contributed by atoms with Crippen molar-refractivity contribution in [3.63, 3.8) is 0 Å². The smallest absolute Gasteiger partial charge is 0.406 e. The van der Waals surface area contributed by atoms with Crippen molar-refractivity contribution >= 4 is 11.9 Å². The maximum atomic E-state index is 12.4. The lowest BCUT2D eigenvalue weighted by molar-refractivity contribution is -0.161. The van der Waals surface area contributed by atoms with Crippen LogP contribution < -0.4 is 0 Å². The number of aromatic nitrogens is 3. The van der Waals surface area contributed by atoms with Gasteiger partial charge in [-0.15, -0.1) is 5.10 Å². The highest BCUT2D eigenvalue weighted by Crippen LogP contribution is 2.17. The normalized spacial score (nSPS) is 11.4. The molecule has 1 aromatic heterocycles. The molecule has 0 atom stereocenters. The van der Waals surface area contributed by atoms with E-state index in [0.717, 1.165) is 10.9 Å². The molecule has 0 aromatic carbocycles. The van der Waals surface area contributed by atoms with Crippen molar-refractivity contribution in [1.82, 2.24) is 19.9 Å². The number of unbranched alkanes of at least 4 members (excludes halogenated alkanes) is 1. The SMILES string of the molecule is CCCCN(CC(F)(F)F)C(=O)Cn1cc(C(=O)O)nn1. The summed E-state index contributed by atoms with van der Waals surface area (Å²) in [7, 11) is 0. The van der Waals surface area contributed by atoms with E-state index in [1.54, 1.807) is 6.92 Å². The van der Waals surface area contributed by atoms with Gasteiger partial charge in [-0.25, -0.2) is 9.48 Å². The first-order valence-electron chi connectivity index (χ1n) is 6.21. The number of rotatable bonds is 7. The molecule has 0 bridgehead atoms. The Morgan fingerprint density at radius 1 is 1.43 bits per heavy atom. The van der Waals surface area contributed by atoms with Crippen molar-refractivity contribution < 1.29 is 27.9 Å². The monoisotopic (exact) mass is 308 g/mol. The van der Waals surface area contributed by atoms with Gasteiger partial charge in [0.25, 0.3) is 0 Å². The maximum Gasteiger partial charge on any atom is 0.406 e. The minimum atomic E-state index is -4.49. The number of carboxylic acid groups (broad SMARTS) is 1. The first kappa shape index (κ1) is 16.9. The summed E-state index contributed by atoms with van der Waals surface area (Å²) in [5.74, 6) is -2.12. The highest BCUT2D eigenvalue weighted by Gasteiger charge is 2.32. The first-order chi connectivity index (χ1) is 9.73. The third kappa shape index (κ3) is 5.79. The van der Waals surface area contributed by atoms with Crippen LogP contribution in [0.15, 0.2) is 6.20 Å². The predicted molar refractivity (Wildman–Crippen MR) is 64.5 cm³/mol. The van der Waals surface area contributed by atoms with Crippen LogP contribution >= 0.6 is 0 Å². The molecule has 0 fully saturated rings. The Kier molecular flexibility index (Phi) is 5.68. The maximum absolute atomic E-state index is 12.4. The van der Waals surface area contributed by atoms with Crippen molar-refractivity contribution in [3.05, 3.63) is 11.9 Å². The summed E-state index contributed by atoms with van der Waals surface area (Å²) >= 11 is 0. The Labute approximate surface area is 118 Å². The fourth-order valence-electron chi connectivity index (χ4n) is 1.57. The van der Waals surface area contributed by atoms with E-state index in [4.69, 9.17) is 5.11 Å². The standard InChI is InChI=1S/C11H15F3N4O3/c1-2-3-4-17(7-11(12,13)14)9(19)6-18-5-8(10(20)21)15-16-18/h5H,2-4,6-7H2,1H3,(H,20,21). The number of hydrogen-bond donors (Lipinski definition) is 1. The van der Waals surface area contributed by atoms with E-state index >= 15 is 0 Å². The number of alkyl halides is 3. The quantitative estimate of drug-likeness (QED) is 0.817. The fourth-order valence-corrected chi connectivity index (χ4v) is 1.57. The molecule has 0 saturated heterocycles. The average molecular weight is 308 g/mol. The van der Waals surface area contributed by atoms with Crippen molar-refractivity contribution in [1.29, 1.82) is 0 Å². The molecule has 0 unspecified atom stereocenters. The molecule has 0 aliphatic carbocycles. The van der Waals surface area contributed by atoms with Crippen LogP contribution in [0.25, 0.3) is 0 Å². The van der Waals surface area contributed by atoms with E-state index in [-0.39, 0.29) is 12.2 Å². The molecule has 1 amide bonds. The minimum Gasteiger partial charge on any atom is -0.476 e. The van der Waals surface area contributed by atoms with E-state index < -0.39 is 31.1 Å². The van der Waals surface area contributed by atoms with E-state index in [1.807, 2.05) is 0 Å². The zero-order chi connectivity index (χ0) is 16.0. The number of carboxylic acids is 1. The summed E-state index contributed by atoms with van der Waals surface area (Å²) in [6.45, 7) is -0.0471. The van der Waals surface area contributed by atoms with Gasteiger partial charge in [0.15, 0.2) is 5.69 Å². The lowest BCUT2D eigenvalue weighted by atomic mass is 10.3. The number of aromatic carboxylic acids is 1. The van der Waals surface area contributed by atoms with Crippen LogP contribution in [0.1, 0.15) is 30.3 Å². The van der Waals surface area contributed by atoms with E-state index in [0.29, 0.717) is 17.7 Å². The largest absolute Gasteiger partial charge is 0.476 e. The van der Waals surface area contributed by atoms with Gasteiger partial charge < -0.3 is 10.0 Å². The van der Waals surface area contributed by atoms with Crippen molar-refractivity contribution in [2.75, 3.05) is 13.1 Å². The van der Waals surface area contributed by atoms with Gasteiger partial charge in [-0.05, 0) is 6.42 Å². The van der Waals surface area contributed by atoms with Crippen LogP contribution in [0.5, 0.6) is 0 Å². The third-order valence-corrected chi connectivity index (χ3v) is 2.56. The van der Waals surface area contributed by atoms with Gasteiger partial charge in [-0.2, -0.15) is 13.2 Å². The van der Waals surface area contributed by atoms with Gasteiger partial charge in [0.05, 0.1) is 6.20 Å². The van der Waals surface area contributed by atoms with Crippen LogP contribution in [-0.4, -0.2) is 56.1 Å². The van der Waals surface area contributed by atoms with Crippen molar-refractivity contribution in [2.24, 2.45) is 0 Å². The molecule has 1 rings (SSSR count). The molecule has 118 valence electrons. The Morgan fingerprint density at radius 3 is 2.57 bits per heavy atom. The molecule has 7 nitrogen and oxygen atoms in total. The predicted octanol–water partition coefficient (Wildman–Crippen LogP) is 1.17. The van der Waals surface area contributed by atoms with Crippen molar-refractivity contribution in [2.45, 2.75) is 32.5 Å². The van der Waals surface area contributed by atoms with Crippen LogP contribution in [-0.2, 0) is 11.3 Å². The number of halogens is 3.